The van der Waals surface area contributed by atoms with Crippen molar-refractivity contribution < 1.29 is 4.74 Å². The van der Waals surface area contributed by atoms with Crippen LogP contribution >= 0.6 is 11.6 Å². The van der Waals surface area contributed by atoms with Crippen molar-refractivity contribution in [3.05, 3.63) is 58.6 Å². The van der Waals surface area contributed by atoms with Gasteiger partial charge in [0.25, 0.3) is 0 Å². The van der Waals surface area contributed by atoms with E-state index < -0.39 is 0 Å². The maximum Gasteiger partial charge on any atom is 0.119 e. The molecule has 0 N–H and O–H groups in total. The first-order valence-electron chi connectivity index (χ1n) is 6.22. The van der Waals surface area contributed by atoms with E-state index in [2.05, 4.69) is 4.99 Å². The number of aryl methyl sites for hydroxylation is 1. The number of hydrogen-bond acceptors (Lipinski definition) is 2. The van der Waals surface area contributed by atoms with Crippen LogP contribution in [0.4, 0.5) is 5.69 Å². The molecule has 0 saturated heterocycles. The van der Waals surface area contributed by atoms with Gasteiger partial charge in [-0.3, -0.25) is 4.99 Å². The van der Waals surface area contributed by atoms with Crippen LogP contribution in [0.5, 0.6) is 5.75 Å². The van der Waals surface area contributed by atoms with Gasteiger partial charge in [-0.15, -0.1) is 0 Å². The SMILES string of the molecule is CCOc1ccc(/C=N/c2ccc(C)c(Cl)c2)cc1. The normalized spacial score (nSPS) is 10.9. The van der Waals surface area contributed by atoms with Gasteiger partial charge < -0.3 is 4.74 Å². The van der Waals surface area contributed by atoms with E-state index in [1.54, 1.807) is 0 Å². The summed E-state index contributed by atoms with van der Waals surface area (Å²) in [4.78, 5) is 4.40. The predicted molar refractivity (Wildman–Crippen MR) is 81.1 cm³/mol. The van der Waals surface area contributed by atoms with Gasteiger partial charge in [-0.1, -0.05) is 17.7 Å². The highest BCUT2D eigenvalue weighted by Gasteiger charge is 1.96. The number of benzene rings is 2. The third-order valence-electron chi connectivity index (χ3n) is 2.71. The van der Waals surface area contributed by atoms with E-state index in [9.17, 15) is 0 Å². The molecule has 0 aliphatic rings. The van der Waals surface area contributed by atoms with Gasteiger partial charge in [0, 0.05) is 11.2 Å². The quantitative estimate of drug-likeness (QED) is 0.734. The Kier molecular flexibility index (Phi) is 4.58. The Labute approximate surface area is 118 Å². The third-order valence-corrected chi connectivity index (χ3v) is 3.12. The summed E-state index contributed by atoms with van der Waals surface area (Å²) in [6, 6.07) is 13.6. The number of nitrogens with zero attached hydrogens (tertiary/aromatic N) is 1. The summed E-state index contributed by atoms with van der Waals surface area (Å²) in [5, 5.41) is 0.737. The summed E-state index contributed by atoms with van der Waals surface area (Å²) in [6.07, 6.45) is 1.82. The van der Waals surface area contributed by atoms with Crippen LogP contribution in [0.25, 0.3) is 0 Å². The molecule has 98 valence electrons. The van der Waals surface area contributed by atoms with E-state index in [1.807, 2.05) is 62.5 Å². The second kappa shape index (κ2) is 6.39. The highest BCUT2D eigenvalue weighted by Crippen LogP contribution is 2.22. The van der Waals surface area contributed by atoms with Crippen LogP contribution in [0.3, 0.4) is 0 Å². The molecule has 0 aromatic heterocycles. The van der Waals surface area contributed by atoms with Crippen LogP contribution in [0, 0.1) is 6.92 Å². The predicted octanol–water partition coefficient (Wildman–Crippen LogP) is 4.80. The van der Waals surface area contributed by atoms with Crippen molar-refractivity contribution in [2.75, 3.05) is 6.61 Å². The molecule has 2 rings (SSSR count). The molecular weight excluding hydrogens is 258 g/mol. The van der Waals surface area contributed by atoms with Crippen molar-refractivity contribution in [1.29, 1.82) is 0 Å². The summed E-state index contributed by atoms with van der Waals surface area (Å²) < 4.78 is 5.39. The molecule has 2 aromatic rings. The molecule has 0 unspecified atom stereocenters. The molecule has 2 nitrogen and oxygen atoms in total. The standard InChI is InChI=1S/C16H16ClNO/c1-3-19-15-8-5-13(6-9-15)11-18-14-7-4-12(2)16(17)10-14/h4-11H,3H2,1-2H3/b18-11+. The van der Waals surface area contributed by atoms with Crippen LogP contribution in [0.2, 0.25) is 5.02 Å². The number of hydrogen-bond donors (Lipinski definition) is 0. The van der Waals surface area contributed by atoms with E-state index >= 15 is 0 Å². The Balaban J connectivity index is 2.11. The molecule has 0 aliphatic carbocycles. The van der Waals surface area contributed by atoms with Crippen molar-refractivity contribution in [3.63, 3.8) is 0 Å². The van der Waals surface area contributed by atoms with Crippen molar-refractivity contribution in [2.45, 2.75) is 13.8 Å². The van der Waals surface area contributed by atoms with Crippen molar-refractivity contribution in [1.82, 2.24) is 0 Å². The maximum absolute atomic E-state index is 6.06. The first-order chi connectivity index (χ1) is 9.19. The van der Waals surface area contributed by atoms with Gasteiger partial charge in [0.1, 0.15) is 5.75 Å². The Hall–Kier alpha value is -1.80. The molecule has 0 saturated carbocycles. The lowest BCUT2D eigenvalue weighted by Crippen LogP contribution is -1.91. The molecule has 0 fully saturated rings. The Morgan fingerprint density at radius 2 is 1.89 bits per heavy atom. The lowest BCUT2D eigenvalue weighted by molar-refractivity contribution is 0.340. The minimum absolute atomic E-state index is 0.676. The van der Waals surface area contributed by atoms with Gasteiger partial charge in [0.15, 0.2) is 0 Å². The zero-order chi connectivity index (χ0) is 13.7. The van der Waals surface area contributed by atoms with Crippen LogP contribution < -0.4 is 4.74 Å². The van der Waals surface area contributed by atoms with Gasteiger partial charge in [-0.05, 0) is 61.4 Å². The highest BCUT2D eigenvalue weighted by molar-refractivity contribution is 6.31. The van der Waals surface area contributed by atoms with Gasteiger partial charge >= 0.3 is 0 Å². The van der Waals surface area contributed by atoms with Gasteiger partial charge in [0.05, 0.1) is 12.3 Å². The smallest absolute Gasteiger partial charge is 0.119 e. The first kappa shape index (κ1) is 13.6. The van der Waals surface area contributed by atoms with Gasteiger partial charge in [-0.25, -0.2) is 0 Å². The zero-order valence-electron chi connectivity index (χ0n) is 11.1. The molecule has 2 aromatic carbocycles. The number of halogens is 1. The number of aliphatic imine (C=N–C) groups is 1. The fourth-order valence-corrected chi connectivity index (χ4v) is 1.80. The summed E-state index contributed by atoms with van der Waals surface area (Å²) in [6.45, 7) is 4.62. The second-order valence-electron chi connectivity index (χ2n) is 4.19. The van der Waals surface area contributed by atoms with Crippen LogP contribution in [-0.2, 0) is 0 Å². The van der Waals surface area contributed by atoms with Crippen molar-refractivity contribution in [3.8, 4) is 5.75 Å². The van der Waals surface area contributed by atoms with E-state index in [1.165, 1.54) is 0 Å². The number of rotatable bonds is 4. The summed E-state index contributed by atoms with van der Waals surface area (Å²) in [7, 11) is 0. The minimum atomic E-state index is 0.676. The van der Waals surface area contributed by atoms with E-state index in [-0.39, 0.29) is 0 Å². The van der Waals surface area contributed by atoms with Crippen molar-refractivity contribution >= 4 is 23.5 Å². The largest absolute Gasteiger partial charge is 0.494 e. The summed E-state index contributed by atoms with van der Waals surface area (Å²) >= 11 is 6.06. The fourth-order valence-electron chi connectivity index (χ4n) is 1.63. The average molecular weight is 274 g/mol. The van der Waals surface area contributed by atoms with Crippen LogP contribution in [0.15, 0.2) is 47.5 Å². The van der Waals surface area contributed by atoms with Crippen molar-refractivity contribution in [2.24, 2.45) is 4.99 Å². The van der Waals surface area contributed by atoms with Crippen LogP contribution in [0.1, 0.15) is 18.1 Å². The summed E-state index contributed by atoms with van der Waals surface area (Å²) in [5.41, 5.74) is 2.94. The average Bonchev–Trinajstić information content (AvgIpc) is 2.42. The molecule has 0 spiro atoms. The van der Waals surface area contributed by atoms with E-state index in [0.717, 1.165) is 27.6 Å². The van der Waals surface area contributed by atoms with Gasteiger partial charge in [0.2, 0.25) is 0 Å². The topological polar surface area (TPSA) is 21.6 Å². The molecule has 0 aliphatic heterocycles. The monoisotopic (exact) mass is 273 g/mol. The lowest BCUT2D eigenvalue weighted by Gasteiger charge is -2.02. The third kappa shape index (κ3) is 3.83. The molecule has 0 bridgehead atoms. The maximum atomic E-state index is 6.06. The second-order valence-corrected chi connectivity index (χ2v) is 4.60. The lowest BCUT2D eigenvalue weighted by atomic mass is 10.2. The molecule has 0 amide bonds. The minimum Gasteiger partial charge on any atom is -0.494 e. The fraction of sp³-hybridized carbons (Fsp3) is 0.188. The molecule has 3 heteroatoms. The van der Waals surface area contributed by atoms with Crippen LogP contribution in [-0.4, -0.2) is 12.8 Å². The Bertz CT molecular complexity index is 576. The van der Waals surface area contributed by atoms with E-state index in [4.69, 9.17) is 16.3 Å². The van der Waals surface area contributed by atoms with Gasteiger partial charge in [-0.2, -0.15) is 0 Å². The summed E-state index contributed by atoms with van der Waals surface area (Å²) in [5.74, 6) is 0.873. The Morgan fingerprint density at radius 3 is 2.53 bits per heavy atom. The number of ether oxygens (including phenoxy) is 1. The highest BCUT2D eigenvalue weighted by atomic mass is 35.5. The molecule has 0 radical (unpaired) electrons. The molecule has 0 atom stereocenters. The Morgan fingerprint density at radius 1 is 1.16 bits per heavy atom. The molecule has 0 heterocycles. The van der Waals surface area contributed by atoms with E-state index in [0.29, 0.717) is 6.61 Å². The molecular formula is C16H16ClNO. The zero-order valence-corrected chi connectivity index (χ0v) is 11.8. The molecule has 19 heavy (non-hydrogen) atoms. The first-order valence-corrected chi connectivity index (χ1v) is 6.60.